The molecule has 148 valence electrons. The van der Waals surface area contributed by atoms with E-state index in [4.69, 9.17) is 4.99 Å². The SMILES string of the molecule is CCC[C@H]1N=C2c3ccccc3N=C(S[C@@H](C)C(=O)Nc3ccccc3)N2C1=O. The van der Waals surface area contributed by atoms with E-state index in [-0.39, 0.29) is 17.9 Å². The van der Waals surface area contributed by atoms with Crippen LogP contribution in [0.2, 0.25) is 0 Å². The highest BCUT2D eigenvalue weighted by Crippen LogP contribution is 2.35. The number of amidine groups is 2. The van der Waals surface area contributed by atoms with E-state index in [1.165, 1.54) is 11.8 Å². The van der Waals surface area contributed by atoms with Crippen molar-refractivity contribution in [3.63, 3.8) is 0 Å². The zero-order chi connectivity index (χ0) is 20.4. The number of benzene rings is 2. The molecule has 2 amide bonds. The van der Waals surface area contributed by atoms with Gasteiger partial charge in [0.2, 0.25) is 5.91 Å². The third-order valence-corrected chi connectivity index (χ3v) is 5.85. The van der Waals surface area contributed by atoms with Crippen LogP contribution in [0.25, 0.3) is 0 Å². The fraction of sp³-hybridized carbons (Fsp3) is 0.273. The monoisotopic (exact) mass is 406 g/mol. The van der Waals surface area contributed by atoms with Gasteiger partial charge in [-0.2, -0.15) is 0 Å². The molecule has 0 saturated carbocycles. The normalized spacial score (nSPS) is 18.5. The molecule has 2 atom stereocenters. The largest absolute Gasteiger partial charge is 0.325 e. The van der Waals surface area contributed by atoms with Crippen molar-refractivity contribution < 1.29 is 9.59 Å². The maximum absolute atomic E-state index is 13.0. The number of carbonyl (C=O) groups excluding carboxylic acids is 2. The summed E-state index contributed by atoms with van der Waals surface area (Å²) in [5.74, 6) is 0.425. The summed E-state index contributed by atoms with van der Waals surface area (Å²) in [6.07, 6.45) is 1.57. The van der Waals surface area contributed by atoms with Crippen molar-refractivity contribution in [2.45, 2.75) is 38.0 Å². The topological polar surface area (TPSA) is 74.1 Å². The summed E-state index contributed by atoms with van der Waals surface area (Å²) < 4.78 is 0. The van der Waals surface area contributed by atoms with Gasteiger partial charge in [0, 0.05) is 11.3 Å². The average Bonchev–Trinajstić information content (AvgIpc) is 3.06. The minimum Gasteiger partial charge on any atom is -0.325 e. The van der Waals surface area contributed by atoms with Gasteiger partial charge in [-0.1, -0.05) is 55.4 Å². The lowest BCUT2D eigenvalue weighted by Crippen LogP contribution is -2.42. The van der Waals surface area contributed by atoms with Gasteiger partial charge in [-0.15, -0.1) is 0 Å². The van der Waals surface area contributed by atoms with Crippen molar-refractivity contribution in [1.82, 2.24) is 4.90 Å². The summed E-state index contributed by atoms with van der Waals surface area (Å²) in [6.45, 7) is 3.85. The highest BCUT2D eigenvalue weighted by atomic mass is 32.2. The number of para-hydroxylation sites is 2. The molecule has 2 aliphatic rings. The molecule has 0 saturated heterocycles. The summed E-state index contributed by atoms with van der Waals surface area (Å²) in [6, 6.07) is 16.6. The van der Waals surface area contributed by atoms with Crippen molar-refractivity contribution in [3.05, 3.63) is 60.2 Å². The van der Waals surface area contributed by atoms with Gasteiger partial charge in [-0.3, -0.25) is 14.6 Å². The molecule has 0 fully saturated rings. The number of thioether (sulfide) groups is 1. The summed E-state index contributed by atoms with van der Waals surface area (Å²) in [4.78, 5) is 36.6. The maximum atomic E-state index is 13.0. The molecule has 0 bridgehead atoms. The van der Waals surface area contributed by atoms with E-state index in [1.807, 2.05) is 68.4 Å². The Balaban J connectivity index is 1.59. The van der Waals surface area contributed by atoms with Crippen molar-refractivity contribution in [3.8, 4) is 0 Å². The molecule has 6 nitrogen and oxygen atoms in total. The van der Waals surface area contributed by atoms with Crippen LogP contribution >= 0.6 is 11.8 Å². The molecule has 2 heterocycles. The van der Waals surface area contributed by atoms with Crippen LogP contribution in [0.3, 0.4) is 0 Å². The van der Waals surface area contributed by atoms with Crippen LogP contribution in [-0.4, -0.2) is 39.0 Å². The Morgan fingerprint density at radius 1 is 1.17 bits per heavy atom. The maximum Gasteiger partial charge on any atom is 0.259 e. The van der Waals surface area contributed by atoms with Crippen LogP contribution in [0.1, 0.15) is 32.3 Å². The number of aliphatic imine (C=N–C) groups is 2. The van der Waals surface area contributed by atoms with Gasteiger partial charge in [-0.25, -0.2) is 9.89 Å². The number of hydrogen-bond donors (Lipinski definition) is 1. The van der Waals surface area contributed by atoms with E-state index < -0.39 is 5.25 Å². The predicted molar refractivity (Wildman–Crippen MR) is 118 cm³/mol. The fourth-order valence-corrected chi connectivity index (χ4v) is 4.23. The van der Waals surface area contributed by atoms with Crippen LogP contribution in [0, 0.1) is 0 Å². The predicted octanol–water partition coefficient (Wildman–Crippen LogP) is 4.21. The van der Waals surface area contributed by atoms with Crippen LogP contribution in [0.5, 0.6) is 0 Å². The van der Waals surface area contributed by atoms with Gasteiger partial charge in [0.15, 0.2) is 5.17 Å². The summed E-state index contributed by atoms with van der Waals surface area (Å²) in [5, 5.41) is 2.97. The number of rotatable bonds is 5. The van der Waals surface area contributed by atoms with Crippen LogP contribution < -0.4 is 5.32 Å². The Labute approximate surface area is 174 Å². The van der Waals surface area contributed by atoms with Crippen molar-refractivity contribution >= 4 is 46.0 Å². The Hall–Kier alpha value is -2.93. The molecule has 2 aromatic rings. The number of hydrogen-bond acceptors (Lipinski definition) is 5. The van der Waals surface area contributed by atoms with Gasteiger partial charge >= 0.3 is 0 Å². The second-order valence-corrected chi connectivity index (χ2v) is 8.27. The minimum absolute atomic E-state index is 0.0710. The molecule has 0 aromatic heterocycles. The molecular formula is C22H22N4O2S. The van der Waals surface area contributed by atoms with Crippen LogP contribution in [-0.2, 0) is 9.59 Å². The first-order valence-electron chi connectivity index (χ1n) is 9.71. The van der Waals surface area contributed by atoms with E-state index in [2.05, 4.69) is 10.3 Å². The zero-order valence-electron chi connectivity index (χ0n) is 16.3. The Morgan fingerprint density at radius 2 is 1.90 bits per heavy atom. The molecule has 29 heavy (non-hydrogen) atoms. The number of nitrogens with one attached hydrogen (secondary N) is 1. The zero-order valence-corrected chi connectivity index (χ0v) is 17.1. The Kier molecular flexibility index (Phi) is 5.49. The third-order valence-electron chi connectivity index (χ3n) is 4.80. The molecule has 0 unspecified atom stereocenters. The van der Waals surface area contributed by atoms with Crippen molar-refractivity contribution in [2.24, 2.45) is 9.98 Å². The van der Waals surface area contributed by atoms with E-state index in [9.17, 15) is 9.59 Å². The van der Waals surface area contributed by atoms with Crippen molar-refractivity contribution in [2.75, 3.05) is 5.32 Å². The number of fused-ring (bicyclic) bond motifs is 3. The van der Waals surface area contributed by atoms with Gasteiger partial charge < -0.3 is 5.32 Å². The van der Waals surface area contributed by atoms with Crippen LogP contribution in [0.15, 0.2) is 64.6 Å². The Morgan fingerprint density at radius 3 is 2.66 bits per heavy atom. The molecule has 0 spiro atoms. The van der Waals surface area contributed by atoms with E-state index >= 15 is 0 Å². The molecule has 2 aliphatic heterocycles. The highest BCUT2D eigenvalue weighted by molar-refractivity contribution is 8.15. The Bertz CT molecular complexity index is 1000. The van der Waals surface area contributed by atoms with E-state index in [0.29, 0.717) is 17.4 Å². The first-order chi connectivity index (χ1) is 14.1. The van der Waals surface area contributed by atoms with E-state index in [0.717, 1.165) is 23.4 Å². The van der Waals surface area contributed by atoms with Gasteiger partial charge in [-0.05, 0) is 37.6 Å². The lowest BCUT2D eigenvalue weighted by atomic mass is 10.1. The summed E-state index contributed by atoms with van der Waals surface area (Å²) in [5.41, 5.74) is 2.36. The molecule has 4 rings (SSSR count). The number of anilines is 1. The van der Waals surface area contributed by atoms with Gasteiger partial charge in [0.1, 0.15) is 11.9 Å². The lowest BCUT2D eigenvalue weighted by Gasteiger charge is -2.26. The molecule has 1 N–H and O–H groups in total. The summed E-state index contributed by atoms with van der Waals surface area (Å²) in [7, 11) is 0. The second-order valence-electron chi connectivity index (χ2n) is 6.96. The highest BCUT2D eigenvalue weighted by Gasteiger charge is 2.41. The molecule has 0 aliphatic carbocycles. The number of amides is 2. The molecule has 2 aromatic carbocycles. The first-order valence-corrected chi connectivity index (χ1v) is 10.6. The van der Waals surface area contributed by atoms with E-state index in [1.54, 1.807) is 4.90 Å². The smallest absolute Gasteiger partial charge is 0.259 e. The first kappa shape index (κ1) is 19.4. The number of carbonyl (C=O) groups is 2. The minimum atomic E-state index is -0.432. The fourth-order valence-electron chi connectivity index (χ4n) is 3.32. The second kappa shape index (κ2) is 8.21. The lowest BCUT2D eigenvalue weighted by molar-refractivity contribution is -0.124. The number of nitrogens with zero attached hydrogens (tertiary/aromatic N) is 3. The van der Waals surface area contributed by atoms with Crippen molar-refractivity contribution in [1.29, 1.82) is 0 Å². The van der Waals surface area contributed by atoms with Gasteiger partial charge in [0.05, 0.1) is 10.9 Å². The molecule has 7 heteroatoms. The van der Waals surface area contributed by atoms with Gasteiger partial charge in [0.25, 0.3) is 5.91 Å². The van der Waals surface area contributed by atoms with Crippen LogP contribution in [0.4, 0.5) is 11.4 Å². The third kappa shape index (κ3) is 3.82. The summed E-state index contributed by atoms with van der Waals surface area (Å²) >= 11 is 1.27. The molecule has 0 radical (unpaired) electrons. The molecular weight excluding hydrogens is 384 g/mol. The average molecular weight is 407 g/mol. The standard InChI is InChI=1S/C22H22N4O2S/c1-3-9-18-21(28)26-19(24-18)16-12-7-8-13-17(16)25-22(26)29-14(2)20(27)23-15-10-5-4-6-11-15/h4-8,10-14,18H,3,9H2,1-2H3,(H,23,27)/t14-,18+/m0/s1. The quantitative estimate of drug-likeness (QED) is 0.808.